The second-order valence-electron chi connectivity index (χ2n) is 3.85. The highest BCUT2D eigenvalue weighted by Crippen LogP contribution is 2.07. The molecule has 0 aromatic rings. The maximum absolute atomic E-state index is 10.9. The number of hydrogen-bond donors (Lipinski definition) is 2. The van der Waals surface area contributed by atoms with Gasteiger partial charge in [-0.05, 0) is 13.3 Å². The van der Waals surface area contributed by atoms with Crippen LogP contribution in [0, 0.1) is 0 Å². The lowest BCUT2D eigenvalue weighted by atomic mass is 10.1. The molecule has 1 aliphatic heterocycles. The Morgan fingerprint density at radius 1 is 1.64 bits per heavy atom. The van der Waals surface area contributed by atoms with Crippen LogP contribution in [0.3, 0.4) is 0 Å². The van der Waals surface area contributed by atoms with E-state index in [1.54, 1.807) is 6.26 Å². The van der Waals surface area contributed by atoms with Crippen LogP contribution in [-0.2, 0) is 15.5 Å². The Bertz CT molecular complexity index is 200. The Morgan fingerprint density at radius 2 is 2.36 bits per heavy atom. The van der Waals surface area contributed by atoms with E-state index in [1.165, 1.54) is 0 Å². The van der Waals surface area contributed by atoms with Crippen LogP contribution in [0.1, 0.15) is 13.3 Å². The molecule has 1 heterocycles. The SMILES string of the molecule is CC(CCS(C)=O)NC1COCC1O. The lowest BCUT2D eigenvalue weighted by molar-refractivity contribution is 0.121. The average Bonchev–Trinajstić information content (AvgIpc) is 2.49. The lowest BCUT2D eigenvalue weighted by Crippen LogP contribution is -2.44. The number of aliphatic hydroxyl groups is 1. The molecule has 4 unspecified atom stereocenters. The molecular weight excluding hydrogens is 202 g/mol. The molecule has 0 aromatic heterocycles. The van der Waals surface area contributed by atoms with Gasteiger partial charge in [-0.1, -0.05) is 0 Å². The van der Waals surface area contributed by atoms with Gasteiger partial charge in [-0.15, -0.1) is 0 Å². The van der Waals surface area contributed by atoms with E-state index >= 15 is 0 Å². The quantitative estimate of drug-likeness (QED) is 0.657. The van der Waals surface area contributed by atoms with Gasteiger partial charge in [0.25, 0.3) is 0 Å². The second kappa shape index (κ2) is 5.80. The Balaban J connectivity index is 2.19. The van der Waals surface area contributed by atoms with Gasteiger partial charge >= 0.3 is 0 Å². The largest absolute Gasteiger partial charge is 0.389 e. The first-order valence-electron chi connectivity index (χ1n) is 4.91. The molecule has 0 saturated carbocycles. The minimum Gasteiger partial charge on any atom is -0.389 e. The zero-order valence-electron chi connectivity index (χ0n) is 8.73. The van der Waals surface area contributed by atoms with Crippen molar-refractivity contribution >= 4 is 10.8 Å². The molecule has 5 heteroatoms. The van der Waals surface area contributed by atoms with Crippen LogP contribution in [0.25, 0.3) is 0 Å². The molecule has 1 aliphatic rings. The van der Waals surface area contributed by atoms with Gasteiger partial charge in [0, 0.05) is 28.9 Å². The third-order valence-corrected chi connectivity index (χ3v) is 3.20. The van der Waals surface area contributed by atoms with Gasteiger partial charge in [-0.3, -0.25) is 4.21 Å². The molecule has 4 atom stereocenters. The normalized spacial score (nSPS) is 31.6. The van der Waals surface area contributed by atoms with E-state index in [0.717, 1.165) is 6.42 Å². The third kappa shape index (κ3) is 4.04. The van der Waals surface area contributed by atoms with E-state index in [4.69, 9.17) is 4.74 Å². The summed E-state index contributed by atoms with van der Waals surface area (Å²) in [5.74, 6) is 0.706. The van der Waals surface area contributed by atoms with Gasteiger partial charge in [0.2, 0.25) is 0 Å². The monoisotopic (exact) mass is 221 g/mol. The first kappa shape index (κ1) is 12.1. The summed E-state index contributed by atoms with van der Waals surface area (Å²) in [4.78, 5) is 0. The molecular formula is C9H19NO3S. The van der Waals surface area contributed by atoms with Gasteiger partial charge in [-0.25, -0.2) is 0 Å². The number of aliphatic hydroxyl groups excluding tert-OH is 1. The Morgan fingerprint density at radius 3 is 2.86 bits per heavy atom. The molecule has 0 bridgehead atoms. The van der Waals surface area contributed by atoms with Gasteiger partial charge in [0.15, 0.2) is 0 Å². The minimum atomic E-state index is -0.732. The highest BCUT2D eigenvalue weighted by molar-refractivity contribution is 7.84. The molecule has 0 aromatic carbocycles. The van der Waals surface area contributed by atoms with Gasteiger partial charge in [0.1, 0.15) is 0 Å². The highest BCUT2D eigenvalue weighted by atomic mass is 32.2. The van der Waals surface area contributed by atoms with Crippen LogP contribution in [0.5, 0.6) is 0 Å². The Labute approximate surface area is 87.5 Å². The van der Waals surface area contributed by atoms with Gasteiger partial charge < -0.3 is 15.2 Å². The highest BCUT2D eigenvalue weighted by Gasteiger charge is 2.26. The van der Waals surface area contributed by atoms with E-state index in [9.17, 15) is 9.32 Å². The second-order valence-corrected chi connectivity index (χ2v) is 5.40. The predicted octanol–water partition coefficient (Wildman–Crippen LogP) is -0.507. The molecule has 0 aliphatic carbocycles. The van der Waals surface area contributed by atoms with E-state index in [1.807, 2.05) is 6.92 Å². The van der Waals surface area contributed by atoms with Crippen molar-refractivity contribution in [3.8, 4) is 0 Å². The summed E-state index contributed by atoms with van der Waals surface area (Å²) in [5, 5.41) is 12.7. The smallest absolute Gasteiger partial charge is 0.0948 e. The molecule has 84 valence electrons. The fourth-order valence-corrected chi connectivity index (χ4v) is 2.18. The number of ether oxygens (including phenoxy) is 1. The maximum atomic E-state index is 10.9. The molecule has 2 N–H and O–H groups in total. The van der Waals surface area contributed by atoms with Crippen LogP contribution < -0.4 is 5.32 Å². The van der Waals surface area contributed by atoms with E-state index < -0.39 is 16.9 Å². The van der Waals surface area contributed by atoms with E-state index in [2.05, 4.69) is 5.32 Å². The fourth-order valence-electron chi connectivity index (χ4n) is 1.49. The van der Waals surface area contributed by atoms with Crippen molar-refractivity contribution < 1.29 is 14.1 Å². The fraction of sp³-hybridized carbons (Fsp3) is 1.00. The zero-order chi connectivity index (χ0) is 10.6. The number of nitrogens with one attached hydrogen (secondary N) is 1. The minimum absolute atomic E-state index is 0.0373. The first-order valence-corrected chi connectivity index (χ1v) is 6.64. The van der Waals surface area contributed by atoms with Crippen molar-refractivity contribution in [2.45, 2.75) is 31.5 Å². The standard InChI is InChI=1S/C9H19NO3S/c1-7(3-4-14(2)12)10-8-5-13-6-9(8)11/h7-11H,3-6H2,1-2H3. The molecule has 0 radical (unpaired) electrons. The number of hydrogen-bond acceptors (Lipinski definition) is 4. The van der Waals surface area contributed by atoms with Crippen LogP contribution in [0.15, 0.2) is 0 Å². The molecule has 1 rings (SSSR count). The van der Waals surface area contributed by atoms with Crippen molar-refractivity contribution in [2.75, 3.05) is 25.2 Å². The summed E-state index contributed by atoms with van der Waals surface area (Å²) >= 11 is 0. The lowest BCUT2D eigenvalue weighted by Gasteiger charge is -2.20. The Kier molecular flexibility index (Phi) is 5.01. The zero-order valence-corrected chi connectivity index (χ0v) is 9.55. The first-order chi connectivity index (χ1) is 6.59. The van der Waals surface area contributed by atoms with Crippen LogP contribution in [0.4, 0.5) is 0 Å². The summed E-state index contributed by atoms with van der Waals surface area (Å²) < 4.78 is 16.0. The summed E-state index contributed by atoms with van der Waals surface area (Å²) in [5.41, 5.74) is 0. The van der Waals surface area contributed by atoms with E-state index in [-0.39, 0.29) is 12.1 Å². The summed E-state index contributed by atoms with van der Waals surface area (Å²) in [6, 6.07) is 0.315. The molecule has 4 nitrogen and oxygen atoms in total. The molecule has 0 amide bonds. The van der Waals surface area contributed by atoms with Gasteiger partial charge in [-0.2, -0.15) is 0 Å². The van der Waals surface area contributed by atoms with Crippen LogP contribution >= 0.6 is 0 Å². The van der Waals surface area contributed by atoms with Crippen molar-refractivity contribution in [1.29, 1.82) is 0 Å². The number of rotatable bonds is 5. The molecule has 0 spiro atoms. The summed E-state index contributed by atoms with van der Waals surface area (Å²) in [7, 11) is -0.732. The third-order valence-electron chi connectivity index (χ3n) is 2.39. The Hall–Kier alpha value is 0.0300. The maximum Gasteiger partial charge on any atom is 0.0948 e. The molecule has 14 heavy (non-hydrogen) atoms. The summed E-state index contributed by atoms with van der Waals surface area (Å²) in [6.07, 6.45) is 2.18. The van der Waals surface area contributed by atoms with Crippen molar-refractivity contribution in [2.24, 2.45) is 0 Å². The average molecular weight is 221 g/mol. The van der Waals surface area contributed by atoms with Gasteiger partial charge in [0.05, 0.1) is 25.4 Å². The molecule has 1 fully saturated rings. The van der Waals surface area contributed by atoms with Crippen LogP contribution in [-0.4, -0.2) is 52.7 Å². The topological polar surface area (TPSA) is 58.6 Å². The van der Waals surface area contributed by atoms with Crippen molar-refractivity contribution in [1.82, 2.24) is 5.32 Å². The van der Waals surface area contributed by atoms with Crippen molar-refractivity contribution in [3.05, 3.63) is 0 Å². The predicted molar refractivity (Wildman–Crippen MR) is 56.8 cm³/mol. The summed E-state index contributed by atoms with van der Waals surface area (Å²) in [6.45, 7) is 3.03. The van der Waals surface area contributed by atoms with Crippen LogP contribution in [0.2, 0.25) is 0 Å². The molecule has 1 saturated heterocycles. The van der Waals surface area contributed by atoms with E-state index in [0.29, 0.717) is 19.0 Å². The van der Waals surface area contributed by atoms with Crippen molar-refractivity contribution in [3.63, 3.8) is 0 Å².